The molecule has 1 aromatic carbocycles. The third kappa shape index (κ3) is 5.03. The number of fused-ring (bicyclic) bond motifs is 1. The molecule has 3 aromatic rings. The first-order valence-electron chi connectivity index (χ1n) is 11.5. The normalized spacial score (nSPS) is 18.4. The fourth-order valence-corrected chi connectivity index (χ4v) is 4.47. The van der Waals surface area contributed by atoms with Crippen molar-refractivity contribution in [2.75, 3.05) is 46.6 Å². The summed E-state index contributed by atoms with van der Waals surface area (Å²) in [4.78, 5) is 25.1. The van der Waals surface area contributed by atoms with E-state index < -0.39 is 12.1 Å². The second-order valence-electron chi connectivity index (χ2n) is 8.68. The van der Waals surface area contributed by atoms with E-state index in [1.807, 2.05) is 6.07 Å². The highest BCUT2D eigenvalue weighted by molar-refractivity contribution is 6.03. The lowest BCUT2D eigenvalue weighted by Crippen LogP contribution is -2.42. The Morgan fingerprint density at radius 1 is 1.17 bits per heavy atom. The number of benzene rings is 1. The Morgan fingerprint density at radius 3 is 2.86 bits per heavy atom. The molecule has 2 aromatic heterocycles. The molecular formula is C24H25F3N6O2. The molecule has 1 fully saturated rings. The van der Waals surface area contributed by atoms with Crippen molar-refractivity contribution in [3.8, 4) is 11.3 Å². The second kappa shape index (κ2) is 9.47. The Kier molecular flexibility index (Phi) is 6.23. The molecule has 0 radical (unpaired) electrons. The Bertz CT molecular complexity index is 1180. The first kappa shape index (κ1) is 23.0. The summed E-state index contributed by atoms with van der Waals surface area (Å²) in [5.74, 6) is 0.0333. The number of amides is 2. The van der Waals surface area contributed by atoms with Crippen molar-refractivity contribution in [2.45, 2.75) is 25.4 Å². The van der Waals surface area contributed by atoms with E-state index >= 15 is 0 Å². The molecule has 2 aliphatic rings. The molecule has 11 heteroatoms. The maximum atomic E-state index is 13.3. The lowest BCUT2D eigenvalue weighted by atomic mass is 9.97. The zero-order valence-electron chi connectivity index (χ0n) is 18.9. The number of urea groups is 1. The second-order valence-corrected chi connectivity index (χ2v) is 8.68. The van der Waals surface area contributed by atoms with Gasteiger partial charge in [0.1, 0.15) is 5.82 Å². The van der Waals surface area contributed by atoms with Crippen molar-refractivity contribution in [3.63, 3.8) is 0 Å². The maximum absolute atomic E-state index is 13.3. The molecule has 184 valence electrons. The maximum Gasteiger partial charge on any atom is 0.393 e. The van der Waals surface area contributed by atoms with Gasteiger partial charge in [0.15, 0.2) is 18.0 Å². The van der Waals surface area contributed by atoms with E-state index in [1.54, 1.807) is 41.4 Å². The molecule has 5 rings (SSSR count). The summed E-state index contributed by atoms with van der Waals surface area (Å²) in [6, 6.07) is 10.3. The number of halogens is 3. The van der Waals surface area contributed by atoms with Crippen LogP contribution in [0.3, 0.4) is 0 Å². The van der Waals surface area contributed by atoms with Gasteiger partial charge in [-0.3, -0.25) is 4.90 Å². The van der Waals surface area contributed by atoms with Crippen LogP contribution in [0.4, 0.5) is 41.0 Å². The van der Waals surface area contributed by atoms with Crippen molar-refractivity contribution in [2.24, 2.45) is 5.92 Å². The van der Waals surface area contributed by atoms with Gasteiger partial charge in [0, 0.05) is 37.4 Å². The Hall–Kier alpha value is -3.76. The highest BCUT2D eigenvalue weighted by atomic mass is 19.4. The summed E-state index contributed by atoms with van der Waals surface area (Å²) < 4.78 is 45.3. The number of alkyl halides is 3. The SMILES string of the molecule is O=C(Nc1cccc(-c2cnco2)c1)N1CCCNc2ccc(N3CCCC(C(F)(F)F)C3)nc21. The fraction of sp³-hybridized carbons (Fsp3) is 0.375. The molecular weight excluding hydrogens is 461 g/mol. The summed E-state index contributed by atoms with van der Waals surface area (Å²) in [5.41, 5.74) is 2.01. The summed E-state index contributed by atoms with van der Waals surface area (Å²) in [7, 11) is 0. The zero-order valence-corrected chi connectivity index (χ0v) is 18.9. The first-order chi connectivity index (χ1) is 16.9. The van der Waals surface area contributed by atoms with E-state index in [1.165, 1.54) is 11.3 Å². The summed E-state index contributed by atoms with van der Waals surface area (Å²) in [6.45, 7) is 1.42. The van der Waals surface area contributed by atoms with Gasteiger partial charge in [0.25, 0.3) is 0 Å². The van der Waals surface area contributed by atoms with E-state index in [-0.39, 0.29) is 19.0 Å². The molecule has 0 spiro atoms. The highest BCUT2D eigenvalue weighted by Crippen LogP contribution is 2.36. The quantitative estimate of drug-likeness (QED) is 0.518. The minimum atomic E-state index is -4.24. The van der Waals surface area contributed by atoms with Gasteiger partial charge in [-0.15, -0.1) is 0 Å². The standard InChI is InChI=1S/C24H25F3N6O2/c25-24(26,27)17-5-2-10-32(14-17)21-8-7-19-22(31-21)33(11-3-9-29-19)23(34)30-18-6-1-4-16(12-18)20-13-28-15-35-20/h1,4,6-8,12-13,15,17,29H,2-3,5,9-11,14H2,(H,30,34). The van der Waals surface area contributed by atoms with Crippen LogP contribution in [0.25, 0.3) is 11.3 Å². The summed E-state index contributed by atoms with van der Waals surface area (Å²) >= 11 is 0. The first-order valence-corrected chi connectivity index (χ1v) is 11.5. The van der Waals surface area contributed by atoms with Crippen LogP contribution in [0.5, 0.6) is 0 Å². The molecule has 0 bridgehead atoms. The lowest BCUT2D eigenvalue weighted by Gasteiger charge is -2.35. The van der Waals surface area contributed by atoms with Gasteiger partial charge in [-0.05, 0) is 43.5 Å². The van der Waals surface area contributed by atoms with Crippen LogP contribution in [0.2, 0.25) is 0 Å². The van der Waals surface area contributed by atoms with Crippen LogP contribution >= 0.6 is 0 Å². The number of carbonyl (C=O) groups excluding carboxylic acids is 1. The number of aromatic nitrogens is 2. The molecule has 0 saturated carbocycles. The smallest absolute Gasteiger partial charge is 0.393 e. The van der Waals surface area contributed by atoms with E-state index in [0.717, 1.165) is 5.56 Å². The van der Waals surface area contributed by atoms with Crippen molar-refractivity contribution < 1.29 is 22.4 Å². The highest BCUT2D eigenvalue weighted by Gasteiger charge is 2.42. The Balaban J connectivity index is 1.38. The number of nitrogens with one attached hydrogen (secondary N) is 2. The molecule has 8 nitrogen and oxygen atoms in total. The van der Waals surface area contributed by atoms with E-state index in [2.05, 4.69) is 20.6 Å². The van der Waals surface area contributed by atoms with E-state index in [0.29, 0.717) is 61.2 Å². The van der Waals surface area contributed by atoms with Gasteiger partial charge in [-0.1, -0.05) is 12.1 Å². The number of anilines is 4. The van der Waals surface area contributed by atoms with E-state index in [9.17, 15) is 18.0 Å². The fourth-order valence-electron chi connectivity index (χ4n) is 4.47. The number of piperidine rings is 1. The third-order valence-electron chi connectivity index (χ3n) is 6.27. The minimum absolute atomic E-state index is 0.119. The average molecular weight is 486 g/mol. The molecule has 2 amide bonds. The molecule has 4 heterocycles. The number of carbonyl (C=O) groups is 1. The zero-order chi connectivity index (χ0) is 24.4. The summed E-state index contributed by atoms with van der Waals surface area (Å²) in [6.07, 6.45) is -0.0620. The van der Waals surface area contributed by atoms with Gasteiger partial charge in [-0.2, -0.15) is 13.2 Å². The van der Waals surface area contributed by atoms with Crippen molar-refractivity contribution in [3.05, 3.63) is 49.0 Å². The topological polar surface area (TPSA) is 86.5 Å². The van der Waals surface area contributed by atoms with Crippen LogP contribution < -0.4 is 20.4 Å². The number of oxazole rings is 1. The van der Waals surface area contributed by atoms with Gasteiger partial charge < -0.3 is 20.0 Å². The third-order valence-corrected chi connectivity index (χ3v) is 6.27. The number of hydrogen-bond donors (Lipinski definition) is 2. The average Bonchev–Trinajstić information content (AvgIpc) is 3.31. The molecule has 2 N–H and O–H groups in total. The minimum Gasteiger partial charge on any atom is -0.444 e. The molecule has 1 unspecified atom stereocenters. The van der Waals surface area contributed by atoms with Crippen molar-refractivity contribution in [1.82, 2.24) is 9.97 Å². The van der Waals surface area contributed by atoms with Crippen LogP contribution in [0, 0.1) is 5.92 Å². The van der Waals surface area contributed by atoms with Gasteiger partial charge in [0.2, 0.25) is 0 Å². The van der Waals surface area contributed by atoms with Crippen LogP contribution in [0.15, 0.2) is 53.4 Å². The number of hydrogen-bond acceptors (Lipinski definition) is 6. The molecule has 1 saturated heterocycles. The molecule has 0 aliphatic carbocycles. The lowest BCUT2D eigenvalue weighted by molar-refractivity contribution is -0.176. The Morgan fingerprint density at radius 2 is 2.06 bits per heavy atom. The molecule has 35 heavy (non-hydrogen) atoms. The van der Waals surface area contributed by atoms with E-state index in [4.69, 9.17) is 4.42 Å². The Labute approximate surface area is 200 Å². The van der Waals surface area contributed by atoms with Crippen molar-refractivity contribution in [1.29, 1.82) is 0 Å². The molecule has 1 atom stereocenters. The number of nitrogens with zero attached hydrogens (tertiary/aromatic N) is 4. The largest absolute Gasteiger partial charge is 0.444 e. The van der Waals surface area contributed by atoms with Crippen LogP contribution in [0.1, 0.15) is 19.3 Å². The molecule has 2 aliphatic heterocycles. The van der Waals surface area contributed by atoms with Crippen molar-refractivity contribution >= 4 is 29.0 Å². The number of pyridine rings is 1. The predicted molar refractivity (Wildman–Crippen MR) is 127 cm³/mol. The van der Waals surface area contributed by atoms with Gasteiger partial charge in [0.05, 0.1) is 17.8 Å². The number of rotatable bonds is 3. The van der Waals surface area contributed by atoms with Gasteiger partial charge in [-0.25, -0.2) is 14.8 Å². The van der Waals surface area contributed by atoms with Crippen LogP contribution in [-0.4, -0.2) is 48.4 Å². The monoisotopic (exact) mass is 486 g/mol. The predicted octanol–water partition coefficient (Wildman–Crippen LogP) is 5.37. The van der Waals surface area contributed by atoms with Gasteiger partial charge >= 0.3 is 12.2 Å². The summed E-state index contributed by atoms with van der Waals surface area (Å²) in [5, 5.41) is 6.17. The van der Waals surface area contributed by atoms with Crippen LogP contribution in [-0.2, 0) is 0 Å².